The Hall–Kier alpha value is -6.64. The van der Waals surface area contributed by atoms with Gasteiger partial charge >= 0.3 is 0 Å². The van der Waals surface area contributed by atoms with Crippen LogP contribution in [0.2, 0.25) is 0 Å². The molecule has 0 radical (unpaired) electrons. The summed E-state index contributed by atoms with van der Waals surface area (Å²) < 4.78 is 7.35. The molecule has 2 aromatic carbocycles. The summed E-state index contributed by atoms with van der Waals surface area (Å²) in [6.07, 6.45) is 8.40. The summed E-state index contributed by atoms with van der Waals surface area (Å²) >= 11 is 0. The molecule has 0 aliphatic carbocycles. The van der Waals surface area contributed by atoms with Crippen LogP contribution in [0.25, 0.3) is 44.4 Å². The van der Waals surface area contributed by atoms with Crippen molar-refractivity contribution in [3.63, 3.8) is 0 Å². The molecule has 0 saturated carbocycles. The lowest BCUT2D eigenvalue weighted by Crippen LogP contribution is -2.20. The number of hydrogen-bond acceptors (Lipinski definition) is 8. The molecule has 0 atom stereocenters. The van der Waals surface area contributed by atoms with Crippen molar-refractivity contribution in [2.45, 2.75) is 53.8 Å². The first kappa shape index (κ1) is 33.8. The Morgan fingerprint density at radius 1 is 0.885 bits per heavy atom. The van der Waals surface area contributed by atoms with Gasteiger partial charge in [-0.2, -0.15) is 10.2 Å². The molecule has 7 rings (SSSR count). The number of carbonyl (C=O) groups is 3. The number of nitrogens with one attached hydrogen (secondary N) is 1. The largest absolute Gasteiger partial charge is 0.366 e. The van der Waals surface area contributed by atoms with Crippen LogP contribution < -0.4 is 16.8 Å². The van der Waals surface area contributed by atoms with Crippen molar-refractivity contribution in [1.82, 2.24) is 43.6 Å². The molecule has 0 fully saturated rings. The van der Waals surface area contributed by atoms with Gasteiger partial charge in [-0.3, -0.25) is 29.1 Å². The quantitative estimate of drug-likeness (QED) is 0.165. The van der Waals surface area contributed by atoms with Crippen LogP contribution in [0.1, 0.15) is 62.0 Å². The average Bonchev–Trinajstić information content (AvgIpc) is 3.87. The van der Waals surface area contributed by atoms with E-state index in [4.69, 9.17) is 26.4 Å². The molecule has 0 bridgehead atoms. The minimum atomic E-state index is -0.567. The summed E-state index contributed by atoms with van der Waals surface area (Å²) in [6.45, 7) is 8.95. The van der Waals surface area contributed by atoms with Gasteiger partial charge in [-0.25, -0.2) is 15.0 Å². The first-order valence-electron chi connectivity index (χ1n) is 16.9. The van der Waals surface area contributed by atoms with E-state index in [1.165, 1.54) is 0 Å². The number of nitrogens with two attached hydrogens (primary N) is 2. The van der Waals surface area contributed by atoms with Gasteiger partial charge in [-0.05, 0) is 69.2 Å². The lowest BCUT2D eigenvalue weighted by atomic mass is 10.1. The molecule has 5 N–H and O–H groups in total. The second-order valence-electron chi connectivity index (χ2n) is 12.6. The zero-order chi connectivity index (χ0) is 36.8. The Bertz CT molecular complexity index is 2600. The molecule has 15 nitrogen and oxygen atoms in total. The predicted octanol–water partition coefficient (Wildman–Crippen LogP) is 4.44. The Labute approximate surface area is 297 Å². The van der Waals surface area contributed by atoms with Gasteiger partial charge in [0.25, 0.3) is 5.91 Å². The minimum Gasteiger partial charge on any atom is -0.366 e. The smallest absolute Gasteiger partial charge is 0.276 e. The normalized spacial score (nSPS) is 11.8. The number of imidazole rings is 1. The van der Waals surface area contributed by atoms with Crippen LogP contribution in [-0.2, 0) is 33.1 Å². The molecule has 15 heteroatoms. The predicted molar refractivity (Wildman–Crippen MR) is 198 cm³/mol. The van der Waals surface area contributed by atoms with Crippen LogP contribution in [-0.4, -0.2) is 61.4 Å². The summed E-state index contributed by atoms with van der Waals surface area (Å²) in [4.78, 5) is 52.1. The number of benzene rings is 2. The summed E-state index contributed by atoms with van der Waals surface area (Å²) in [5, 5.41) is 13.5. The monoisotopic (exact) mass is 698 g/mol. The number of aryl methyl sites for hydroxylation is 5. The molecular weight excluding hydrogens is 660 g/mol. The molecule has 0 aliphatic heterocycles. The van der Waals surface area contributed by atoms with E-state index >= 15 is 0 Å². The number of rotatable bonds is 11. The fraction of sp³-hybridized carbons (Fsp3) is 0.243. The summed E-state index contributed by atoms with van der Waals surface area (Å²) in [6, 6.07) is 10.4. The first-order valence-corrected chi connectivity index (χ1v) is 16.9. The number of fused-ring (bicyclic) bond motifs is 4. The van der Waals surface area contributed by atoms with E-state index in [1.54, 1.807) is 45.9 Å². The number of carbonyl (C=O) groups excluding carboxylic acids is 3. The molecule has 0 saturated heterocycles. The zero-order valence-electron chi connectivity index (χ0n) is 29.5. The van der Waals surface area contributed by atoms with Crippen LogP contribution in [0.4, 0.5) is 5.95 Å². The van der Waals surface area contributed by atoms with E-state index in [0.717, 1.165) is 50.7 Å². The summed E-state index contributed by atoms with van der Waals surface area (Å²) in [5.74, 6) is -0.579. The fourth-order valence-electron chi connectivity index (χ4n) is 6.71. The zero-order valence-corrected chi connectivity index (χ0v) is 29.5. The van der Waals surface area contributed by atoms with Crippen LogP contribution >= 0.6 is 0 Å². The number of primary amides is 2. The summed E-state index contributed by atoms with van der Waals surface area (Å²) in [5.41, 5.74) is 18.5. The Morgan fingerprint density at radius 2 is 1.63 bits per heavy atom. The van der Waals surface area contributed by atoms with Crippen molar-refractivity contribution in [2.24, 2.45) is 18.5 Å². The van der Waals surface area contributed by atoms with Gasteiger partial charge in [0.2, 0.25) is 17.8 Å². The van der Waals surface area contributed by atoms with Gasteiger partial charge in [0, 0.05) is 61.0 Å². The average molecular weight is 699 g/mol. The maximum absolute atomic E-state index is 13.5. The minimum absolute atomic E-state index is 0.312. The van der Waals surface area contributed by atoms with Crippen molar-refractivity contribution in [2.75, 3.05) is 5.32 Å². The SMILES string of the molecule is CCc1nn(C)cc1-c1ncc2c3cc(C(N)=O)ccc3n(C/C=C/Cn3c(NC(=O)c4cc(C)nn4CC)nc4cc(C(N)=O)cc(C)c43)c2n1. The maximum atomic E-state index is 13.5. The van der Waals surface area contributed by atoms with Crippen LogP contribution in [0.5, 0.6) is 0 Å². The third-order valence-electron chi connectivity index (χ3n) is 9.09. The number of aromatic nitrogens is 9. The van der Waals surface area contributed by atoms with Crippen molar-refractivity contribution in [3.8, 4) is 11.4 Å². The van der Waals surface area contributed by atoms with Gasteiger partial charge in [0.1, 0.15) is 11.3 Å². The van der Waals surface area contributed by atoms with Crippen molar-refractivity contribution >= 4 is 56.6 Å². The Morgan fingerprint density at radius 3 is 2.35 bits per heavy atom. The second-order valence-corrected chi connectivity index (χ2v) is 12.6. The maximum Gasteiger partial charge on any atom is 0.276 e. The molecule has 0 spiro atoms. The van der Waals surface area contributed by atoms with Gasteiger partial charge in [0.15, 0.2) is 5.82 Å². The molecular formula is C37H38N12O3. The fourth-order valence-corrected chi connectivity index (χ4v) is 6.71. The number of nitrogens with zero attached hydrogens (tertiary/aromatic N) is 9. The Balaban J connectivity index is 1.28. The van der Waals surface area contributed by atoms with Gasteiger partial charge in [-0.1, -0.05) is 19.1 Å². The van der Waals surface area contributed by atoms with Crippen molar-refractivity contribution in [3.05, 3.63) is 94.7 Å². The van der Waals surface area contributed by atoms with Crippen LogP contribution in [0.3, 0.4) is 0 Å². The number of allylic oxidation sites excluding steroid dienone is 2. The van der Waals surface area contributed by atoms with Crippen LogP contribution in [0.15, 0.2) is 60.9 Å². The first-order chi connectivity index (χ1) is 25.0. The van der Waals surface area contributed by atoms with E-state index in [9.17, 15) is 14.4 Å². The standard InChI is InChI=1S/C37H38N12O3/c1-6-27-26(19-46(5)45-27)34-40-18-25-24-16-22(32(38)50)10-11-29(24)47(35(25)42-34)12-8-9-13-48-31-20(3)14-23(33(39)51)17-28(31)41-37(48)43-36(52)30-15-21(4)44-49(30)7-2/h8-11,14-19H,6-7,12-13H2,1-5H3,(H2,38,50)(H2,39,51)(H,41,43,52)/b9-8+. The lowest BCUT2D eigenvalue weighted by Gasteiger charge is -2.10. The van der Waals surface area contributed by atoms with Crippen LogP contribution in [0, 0.1) is 13.8 Å². The highest BCUT2D eigenvalue weighted by atomic mass is 16.2. The molecule has 264 valence electrons. The second kappa shape index (κ2) is 13.2. The lowest BCUT2D eigenvalue weighted by molar-refractivity contribution is 0.0992. The van der Waals surface area contributed by atoms with E-state index in [2.05, 4.69) is 20.1 Å². The number of amides is 3. The molecule has 52 heavy (non-hydrogen) atoms. The highest BCUT2D eigenvalue weighted by Crippen LogP contribution is 2.31. The summed E-state index contributed by atoms with van der Waals surface area (Å²) in [7, 11) is 1.87. The molecule has 0 unspecified atom stereocenters. The van der Waals surface area contributed by atoms with E-state index in [0.29, 0.717) is 59.4 Å². The van der Waals surface area contributed by atoms with Crippen molar-refractivity contribution in [1.29, 1.82) is 0 Å². The Kier molecular flexibility index (Phi) is 8.62. The van der Waals surface area contributed by atoms with Crippen molar-refractivity contribution < 1.29 is 14.4 Å². The third-order valence-corrected chi connectivity index (χ3v) is 9.09. The molecule has 3 amide bonds. The number of anilines is 1. The highest BCUT2D eigenvalue weighted by Gasteiger charge is 2.21. The van der Waals surface area contributed by atoms with Gasteiger partial charge in [0.05, 0.1) is 33.5 Å². The molecule has 5 aromatic heterocycles. The molecule has 0 aliphatic rings. The topological polar surface area (TPSA) is 199 Å². The van der Waals surface area contributed by atoms with E-state index in [-0.39, 0.29) is 5.91 Å². The highest BCUT2D eigenvalue weighted by molar-refractivity contribution is 6.09. The molecule has 7 aromatic rings. The number of hydrogen-bond donors (Lipinski definition) is 3. The van der Waals surface area contributed by atoms with E-state index in [1.807, 2.05) is 63.7 Å². The van der Waals surface area contributed by atoms with Gasteiger partial charge in [-0.15, -0.1) is 0 Å². The molecule has 5 heterocycles. The van der Waals surface area contributed by atoms with E-state index < -0.39 is 11.8 Å². The van der Waals surface area contributed by atoms with Gasteiger partial charge < -0.3 is 20.6 Å². The third kappa shape index (κ3) is 5.95.